The number of nitrogens with two attached hydrogens (primary N) is 4. The number of hydrogen-bond donors (Lipinski definition) is 16. The molecule has 30 heteroatoms. The van der Waals surface area contributed by atoms with Gasteiger partial charge in [-0.3, -0.25) is 52.9 Å². The third-order valence-corrected chi connectivity index (χ3v) is 11.4. The summed E-state index contributed by atoms with van der Waals surface area (Å²) in [6.45, 7) is 0.144. The molecule has 402 valence electrons. The molecule has 29 nitrogen and oxygen atoms in total. The maximum atomic E-state index is 13.8. The lowest BCUT2D eigenvalue weighted by Crippen LogP contribution is -2.61. The molecule has 0 aromatic rings. The lowest BCUT2D eigenvalue weighted by atomic mass is 10.0. The van der Waals surface area contributed by atoms with Crippen molar-refractivity contribution < 1.29 is 78.3 Å². The van der Waals surface area contributed by atoms with Crippen molar-refractivity contribution in [2.45, 2.75) is 132 Å². The van der Waals surface area contributed by atoms with Crippen LogP contribution in [0.3, 0.4) is 0 Å². The van der Waals surface area contributed by atoms with Gasteiger partial charge in [0.2, 0.25) is 53.2 Å². The number of carboxylic acids is 2. The molecule has 0 radical (unpaired) electrons. The Balaban J connectivity index is 3.19. The third kappa shape index (κ3) is 22.9. The number of primary amides is 1. The number of amides is 9. The minimum absolute atomic E-state index is 0.00837. The van der Waals surface area contributed by atoms with Gasteiger partial charge in [0.25, 0.3) is 0 Å². The van der Waals surface area contributed by atoms with Gasteiger partial charge < -0.3 is 90.6 Å². The van der Waals surface area contributed by atoms with Gasteiger partial charge in [-0.2, -0.15) is 11.8 Å². The van der Waals surface area contributed by atoms with Crippen molar-refractivity contribution in [2.75, 3.05) is 44.9 Å². The van der Waals surface area contributed by atoms with Gasteiger partial charge in [-0.1, -0.05) is 13.8 Å². The molecule has 1 aliphatic heterocycles. The van der Waals surface area contributed by atoms with Crippen LogP contribution in [0.1, 0.15) is 78.1 Å². The fraction of sp³-hybridized carbons (Fsp3) is 0.707. The first-order valence-electron chi connectivity index (χ1n) is 22.7. The van der Waals surface area contributed by atoms with Crippen LogP contribution in [0.2, 0.25) is 0 Å². The zero-order valence-electron chi connectivity index (χ0n) is 39.9. The summed E-state index contributed by atoms with van der Waals surface area (Å²) in [4.78, 5) is 146. The Morgan fingerprint density at radius 3 is 1.62 bits per heavy atom. The van der Waals surface area contributed by atoms with Crippen molar-refractivity contribution >= 4 is 82.8 Å². The van der Waals surface area contributed by atoms with Gasteiger partial charge in [-0.25, -0.2) is 4.79 Å². The minimum Gasteiger partial charge on any atom is -0.481 e. The number of hydrogen-bond acceptors (Lipinski definition) is 17. The first kappa shape index (κ1) is 62.6. The molecule has 0 spiro atoms. The molecule has 1 saturated heterocycles. The van der Waals surface area contributed by atoms with E-state index >= 15 is 0 Å². The molecule has 1 aliphatic rings. The van der Waals surface area contributed by atoms with Crippen molar-refractivity contribution in [3.05, 3.63) is 0 Å². The van der Waals surface area contributed by atoms with Crippen LogP contribution in [0.25, 0.3) is 0 Å². The number of nitrogens with one attached hydrogen (secondary N) is 7. The van der Waals surface area contributed by atoms with Crippen molar-refractivity contribution in [3.8, 4) is 0 Å². The Morgan fingerprint density at radius 2 is 1.13 bits per heavy atom. The quantitative estimate of drug-likeness (QED) is 0.0162. The number of rotatable bonds is 34. The second kappa shape index (κ2) is 32.5. The van der Waals surface area contributed by atoms with Gasteiger partial charge in [0.15, 0.2) is 5.96 Å². The lowest BCUT2D eigenvalue weighted by molar-refractivity contribution is -0.144. The third-order valence-electron chi connectivity index (χ3n) is 10.7. The standard InChI is InChI=1S/C41H71N13O16S/c1-20(2)16-25(35(64)49-24(40(69)70)12-15-71-3)50-34(63)23(9-11-31(59)60)48-38(67)29-7-5-14-54(29)39(68)28(19-57)53-37(66)27(18-56)52-36(65)26(17-55)51-33(62)22(6-4-13-46-41(44)45)47-32(61)21(42)8-10-30(43)58/h20-29,55-57H,4-19,42H2,1-3H3,(H2,43,58)(H,47,61)(H,48,67)(H,49,64)(H,50,63)(H,51,62)(H,52,65)(H,53,66)(H,59,60)(H,69,70)(H4,44,45,46)/t21-,22-,23-,24-,25-,26-,27-,28-,29-/m0/s1. The monoisotopic (exact) mass is 1030 g/mol. The van der Waals surface area contributed by atoms with E-state index < -0.39 is 152 Å². The summed E-state index contributed by atoms with van der Waals surface area (Å²) in [6.07, 6.45) is 0.605. The fourth-order valence-electron chi connectivity index (χ4n) is 6.92. The summed E-state index contributed by atoms with van der Waals surface area (Å²) in [5.41, 5.74) is 21.6. The number of aliphatic imine (C=N–C) groups is 1. The zero-order chi connectivity index (χ0) is 54.0. The fourth-order valence-corrected chi connectivity index (χ4v) is 7.39. The first-order valence-corrected chi connectivity index (χ1v) is 24.1. The number of carbonyl (C=O) groups is 11. The average Bonchev–Trinajstić information content (AvgIpc) is 3.81. The van der Waals surface area contributed by atoms with E-state index in [2.05, 4.69) is 42.2 Å². The number of carboxylic acid groups (broad SMARTS) is 2. The highest BCUT2D eigenvalue weighted by atomic mass is 32.2. The normalized spacial score (nSPS) is 16.6. The second-order valence-corrected chi connectivity index (χ2v) is 17.9. The molecular weight excluding hydrogens is 963 g/mol. The van der Waals surface area contributed by atoms with Crippen LogP contribution in [-0.4, -0.2) is 201 Å². The van der Waals surface area contributed by atoms with E-state index in [1.807, 2.05) is 0 Å². The number of thioether (sulfide) groups is 1. The number of aliphatic hydroxyl groups is 3. The Morgan fingerprint density at radius 1 is 0.634 bits per heavy atom. The number of carbonyl (C=O) groups excluding carboxylic acids is 9. The van der Waals surface area contributed by atoms with Crippen LogP contribution in [0, 0.1) is 5.92 Å². The van der Waals surface area contributed by atoms with Crippen LogP contribution in [-0.2, 0) is 52.7 Å². The summed E-state index contributed by atoms with van der Waals surface area (Å²) >= 11 is 1.36. The van der Waals surface area contributed by atoms with Gasteiger partial charge in [-0.05, 0) is 69.3 Å². The van der Waals surface area contributed by atoms with Gasteiger partial charge >= 0.3 is 11.9 Å². The summed E-state index contributed by atoms with van der Waals surface area (Å²) in [5.74, 6) is -11.5. The molecule has 20 N–H and O–H groups in total. The van der Waals surface area contributed by atoms with Gasteiger partial charge in [0.05, 0.1) is 25.9 Å². The molecule has 71 heavy (non-hydrogen) atoms. The molecule has 0 aromatic heterocycles. The maximum Gasteiger partial charge on any atom is 0.326 e. The van der Waals surface area contributed by atoms with E-state index in [4.69, 9.17) is 22.9 Å². The van der Waals surface area contributed by atoms with Crippen molar-refractivity contribution in [2.24, 2.45) is 33.8 Å². The molecule has 0 aliphatic carbocycles. The highest BCUT2D eigenvalue weighted by molar-refractivity contribution is 7.98. The Bertz CT molecular complexity index is 1890. The van der Waals surface area contributed by atoms with Crippen LogP contribution in [0.5, 0.6) is 0 Å². The number of aliphatic carboxylic acids is 2. The molecule has 1 rings (SSSR count). The molecule has 9 atom stereocenters. The predicted octanol–water partition coefficient (Wildman–Crippen LogP) is -7.26. The van der Waals surface area contributed by atoms with Gasteiger partial charge in [0, 0.05) is 25.9 Å². The van der Waals surface area contributed by atoms with Crippen LogP contribution >= 0.6 is 11.8 Å². The van der Waals surface area contributed by atoms with E-state index in [0.717, 1.165) is 4.90 Å². The number of likely N-dealkylation sites (tertiary alicyclic amines) is 1. The molecular formula is C41H71N13O16S. The Hall–Kier alpha value is -6.37. The van der Waals surface area contributed by atoms with E-state index in [1.165, 1.54) is 11.8 Å². The van der Waals surface area contributed by atoms with Crippen molar-refractivity contribution in [3.63, 3.8) is 0 Å². The summed E-state index contributed by atoms with van der Waals surface area (Å²) in [7, 11) is 0. The largest absolute Gasteiger partial charge is 0.481 e. The summed E-state index contributed by atoms with van der Waals surface area (Å²) in [5, 5.41) is 65.6. The summed E-state index contributed by atoms with van der Waals surface area (Å²) in [6, 6.07) is -13.6. The van der Waals surface area contributed by atoms with Crippen molar-refractivity contribution in [1.82, 2.24) is 42.1 Å². The molecule has 0 bridgehead atoms. The number of aliphatic hydroxyl groups excluding tert-OH is 3. The molecule has 0 unspecified atom stereocenters. The van der Waals surface area contributed by atoms with Crippen LogP contribution in [0.4, 0.5) is 0 Å². The highest BCUT2D eigenvalue weighted by Gasteiger charge is 2.40. The smallest absolute Gasteiger partial charge is 0.326 e. The topological polar surface area (TPSA) is 493 Å². The second-order valence-electron chi connectivity index (χ2n) is 16.9. The van der Waals surface area contributed by atoms with Gasteiger partial charge in [0.1, 0.15) is 48.3 Å². The zero-order valence-corrected chi connectivity index (χ0v) is 40.7. The highest BCUT2D eigenvalue weighted by Crippen LogP contribution is 2.20. The molecule has 9 amide bonds. The molecule has 1 fully saturated rings. The maximum absolute atomic E-state index is 13.8. The molecule has 0 saturated carbocycles. The van der Waals surface area contributed by atoms with E-state index in [1.54, 1.807) is 20.1 Å². The minimum atomic E-state index is -1.87. The van der Waals surface area contributed by atoms with Crippen LogP contribution < -0.4 is 60.2 Å². The molecule has 1 heterocycles. The van der Waals surface area contributed by atoms with E-state index in [9.17, 15) is 78.3 Å². The molecule has 0 aromatic carbocycles. The first-order chi connectivity index (χ1) is 33.4. The van der Waals surface area contributed by atoms with Crippen molar-refractivity contribution in [1.29, 1.82) is 0 Å². The average molecular weight is 1030 g/mol. The summed E-state index contributed by atoms with van der Waals surface area (Å²) < 4.78 is 0. The lowest BCUT2D eigenvalue weighted by Gasteiger charge is -2.30. The Kier molecular flexibility index (Phi) is 28.7. The van der Waals surface area contributed by atoms with E-state index in [0.29, 0.717) is 5.75 Å². The number of nitrogens with zero attached hydrogens (tertiary/aromatic N) is 2. The predicted molar refractivity (Wildman–Crippen MR) is 253 cm³/mol. The number of guanidine groups is 1. The van der Waals surface area contributed by atoms with Gasteiger partial charge in [-0.15, -0.1) is 0 Å². The Labute approximate surface area is 413 Å². The van der Waals surface area contributed by atoms with Crippen LogP contribution in [0.15, 0.2) is 4.99 Å². The van der Waals surface area contributed by atoms with E-state index in [-0.39, 0.29) is 76.3 Å². The SMILES string of the molecule is CSCC[C@H](NC(=O)[C@H](CC(C)C)NC(=O)[C@H](CCC(=O)O)NC(=O)[C@@H]1CCCN1C(=O)[C@H](CO)NC(=O)[C@H](CO)NC(=O)[C@H](CO)NC(=O)[C@H](CCCN=C(N)N)NC(=O)[C@@H](N)CCC(N)=O)C(=O)O.